The van der Waals surface area contributed by atoms with Crippen LogP contribution in [-0.4, -0.2) is 33.5 Å². The van der Waals surface area contributed by atoms with Crippen LogP contribution in [0, 0.1) is 5.92 Å². The zero-order valence-electron chi connectivity index (χ0n) is 16.2. The molecule has 1 saturated heterocycles. The minimum absolute atomic E-state index is 0.0794. The van der Waals surface area contributed by atoms with Gasteiger partial charge < -0.3 is 13.9 Å². The highest BCUT2D eigenvalue weighted by Gasteiger charge is 2.45. The third kappa shape index (κ3) is 4.01. The lowest BCUT2D eigenvalue weighted by molar-refractivity contribution is -0.0253. The number of rotatable bonds is 5. The van der Waals surface area contributed by atoms with E-state index >= 15 is 0 Å². The molecule has 0 unspecified atom stereocenters. The highest BCUT2D eigenvalue weighted by atomic mass is 28.4. The molecule has 134 valence electrons. The SMILES string of the molecule is COc1ccc(N=C2O[C@@H]([C@H](C)O[Si](C)(C)C(C)(C)C)[C@H]2C)cc1. The minimum atomic E-state index is -1.78. The molecule has 1 heterocycles. The molecule has 1 fully saturated rings. The summed E-state index contributed by atoms with van der Waals surface area (Å²) in [7, 11) is -0.124. The molecule has 4 nitrogen and oxygen atoms in total. The maximum absolute atomic E-state index is 6.45. The van der Waals surface area contributed by atoms with E-state index in [2.05, 4.69) is 52.7 Å². The van der Waals surface area contributed by atoms with Crippen molar-refractivity contribution >= 4 is 19.9 Å². The Kier molecular flexibility index (Phi) is 5.45. The summed E-state index contributed by atoms with van der Waals surface area (Å²) >= 11 is 0. The molecule has 0 spiro atoms. The normalized spacial score (nSPS) is 24.2. The maximum atomic E-state index is 6.45. The summed E-state index contributed by atoms with van der Waals surface area (Å²) in [5, 5.41) is 0.203. The van der Waals surface area contributed by atoms with Crippen LogP contribution in [0.2, 0.25) is 18.1 Å². The highest BCUT2D eigenvalue weighted by molar-refractivity contribution is 6.74. The van der Waals surface area contributed by atoms with E-state index in [1.807, 2.05) is 24.3 Å². The predicted octanol–water partition coefficient (Wildman–Crippen LogP) is 5.17. The third-order valence-corrected chi connectivity index (χ3v) is 9.77. The second kappa shape index (κ2) is 6.88. The van der Waals surface area contributed by atoms with Crippen molar-refractivity contribution in [1.29, 1.82) is 0 Å². The van der Waals surface area contributed by atoms with Crippen LogP contribution in [0.4, 0.5) is 5.69 Å². The molecule has 0 aliphatic carbocycles. The largest absolute Gasteiger partial charge is 0.497 e. The average molecular weight is 350 g/mol. The molecule has 24 heavy (non-hydrogen) atoms. The molecular formula is C19H31NO3Si. The van der Waals surface area contributed by atoms with Gasteiger partial charge in [0.25, 0.3) is 0 Å². The van der Waals surface area contributed by atoms with Gasteiger partial charge in [0.2, 0.25) is 0 Å². The fraction of sp³-hybridized carbons (Fsp3) is 0.632. The van der Waals surface area contributed by atoms with Crippen LogP contribution in [0.5, 0.6) is 5.75 Å². The summed E-state index contributed by atoms with van der Waals surface area (Å²) in [5.41, 5.74) is 0.883. The monoisotopic (exact) mass is 349 g/mol. The first-order valence-electron chi connectivity index (χ1n) is 8.62. The summed E-state index contributed by atoms with van der Waals surface area (Å²) in [6, 6.07) is 7.68. The van der Waals surface area contributed by atoms with Crippen molar-refractivity contribution in [2.75, 3.05) is 7.11 Å². The standard InChI is InChI=1S/C19H31NO3Si/c1-13-17(14(2)23-24(7,8)19(3,4)5)22-18(13)20-15-9-11-16(21-6)12-10-15/h9-14,17H,1-8H3/t13-,14+,17-/m1/s1. The van der Waals surface area contributed by atoms with Gasteiger partial charge in [-0.05, 0) is 49.3 Å². The van der Waals surface area contributed by atoms with Gasteiger partial charge in [-0.15, -0.1) is 0 Å². The molecule has 0 aromatic heterocycles. The van der Waals surface area contributed by atoms with Crippen molar-refractivity contribution in [2.24, 2.45) is 10.9 Å². The Morgan fingerprint density at radius 2 is 1.75 bits per heavy atom. The number of hydrogen-bond donors (Lipinski definition) is 0. The van der Waals surface area contributed by atoms with E-state index in [-0.39, 0.29) is 23.2 Å². The van der Waals surface area contributed by atoms with E-state index in [0.29, 0.717) is 0 Å². The van der Waals surface area contributed by atoms with Crippen LogP contribution in [0.25, 0.3) is 0 Å². The van der Waals surface area contributed by atoms with Gasteiger partial charge in [-0.3, -0.25) is 0 Å². The molecule has 0 radical (unpaired) electrons. The molecule has 1 aromatic carbocycles. The molecular weight excluding hydrogens is 318 g/mol. The Hall–Kier alpha value is -1.33. The third-order valence-electron chi connectivity index (χ3n) is 5.20. The summed E-state index contributed by atoms with van der Waals surface area (Å²) in [6.07, 6.45) is 0.159. The summed E-state index contributed by atoms with van der Waals surface area (Å²) < 4.78 is 17.6. The van der Waals surface area contributed by atoms with Gasteiger partial charge >= 0.3 is 0 Å². The van der Waals surface area contributed by atoms with E-state index in [0.717, 1.165) is 17.3 Å². The molecule has 0 bridgehead atoms. The quantitative estimate of drug-likeness (QED) is 0.688. The van der Waals surface area contributed by atoms with Crippen LogP contribution >= 0.6 is 0 Å². The van der Waals surface area contributed by atoms with E-state index in [1.54, 1.807) is 7.11 Å². The first-order chi connectivity index (χ1) is 11.0. The molecule has 0 saturated carbocycles. The van der Waals surface area contributed by atoms with E-state index in [9.17, 15) is 0 Å². The van der Waals surface area contributed by atoms with Crippen molar-refractivity contribution in [1.82, 2.24) is 0 Å². The van der Waals surface area contributed by atoms with Crippen LogP contribution in [-0.2, 0) is 9.16 Å². The van der Waals surface area contributed by atoms with Gasteiger partial charge in [0.05, 0.1) is 24.8 Å². The van der Waals surface area contributed by atoms with Crippen molar-refractivity contribution in [2.45, 2.75) is 65.0 Å². The van der Waals surface area contributed by atoms with Crippen molar-refractivity contribution < 1.29 is 13.9 Å². The Labute approximate surface area is 147 Å². The number of aliphatic imine (C=N–C) groups is 1. The van der Waals surface area contributed by atoms with Crippen molar-refractivity contribution in [3.05, 3.63) is 24.3 Å². The second-order valence-corrected chi connectivity index (χ2v) is 12.9. The van der Waals surface area contributed by atoms with Crippen LogP contribution in [0.3, 0.4) is 0 Å². The number of methoxy groups -OCH3 is 1. The summed E-state index contributed by atoms with van der Waals surface area (Å²) in [5.74, 6) is 1.89. The molecule has 2 rings (SSSR count). The number of ether oxygens (including phenoxy) is 2. The predicted molar refractivity (Wildman–Crippen MR) is 102 cm³/mol. The minimum Gasteiger partial charge on any atom is -0.497 e. The van der Waals surface area contributed by atoms with Crippen molar-refractivity contribution in [3.63, 3.8) is 0 Å². The molecule has 1 aliphatic heterocycles. The van der Waals surface area contributed by atoms with Crippen LogP contribution < -0.4 is 4.74 Å². The Morgan fingerprint density at radius 3 is 2.21 bits per heavy atom. The fourth-order valence-electron chi connectivity index (χ4n) is 2.54. The first-order valence-corrected chi connectivity index (χ1v) is 11.5. The Balaban J connectivity index is 1.98. The fourth-order valence-corrected chi connectivity index (χ4v) is 3.96. The molecule has 1 aromatic rings. The molecule has 3 atom stereocenters. The molecule has 0 N–H and O–H groups in total. The lowest BCUT2D eigenvalue weighted by atomic mass is 9.94. The maximum Gasteiger partial charge on any atom is 0.195 e. The summed E-state index contributed by atoms with van der Waals surface area (Å²) in [6.45, 7) is 15.6. The lowest BCUT2D eigenvalue weighted by Gasteiger charge is -2.45. The van der Waals surface area contributed by atoms with Crippen LogP contribution in [0.15, 0.2) is 29.3 Å². The second-order valence-electron chi connectivity index (χ2n) is 8.10. The van der Waals surface area contributed by atoms with E-state index < -0.39 is 8.32 Å². The number of benzene rings is 1. The lowest BCUT2D eigenvalue weighted by Crippen LogP contribution is -2.54. The number of nitrogens with zero attached hydrogens (tertiary/aromatic N) is 1. The Morgan fingerprint density at radius 1 is 1.17 bits per heavy atom. The van der Waals surface area contributed by atoms with Gasteiger partial charge in [0, 0.05) is 0 Å². The van der Waals surface area contributed by atoms with Gasteiger partial charge in [-0.2, -0.15) is 0 Å². The molecule has 0 amide bonds. The van der Waals surface area contributed by atoms with E-state index in [4.69, 9.17) is 13.9 Å². The number of hydrogen-bond acceptors (Lipinski definition) is 4. The van der Waals surface area contributed by atoms with Gasteiger partial charge in [-0.25, -0.2) is 4.99 Å². The molecule has 1 aliphatic rings. The van der Waals surface area contributed by atoms with Crippen LogP contribution in [0.1, 0.15) is 34.6 Å². The van der Waals surface area contributed by atoms with Gasteiger partial charge in [0.1, 0.15) is 11.9 Å². The highest BCUT2D eigenvalue weighted by Crippen LogP contribution is 2.39. The zero-order chi connectivity index (χ0) is 18.1. The summed E-state index contributed by atoms with van der Waals surface area (Å²) in [4.78, 5) is 4.59. The smallest absolute Gasteiger partial charge is 0.195 e. The molecule has 5 heteroatoms. The van der Waals surface area contributed by atoms with Crippen molar-refractivity contribution in [3.8, 4) is 5.75 Å². The van der Waals surface area contributed by atoms with Gasteiger partial charge in [0.15, 0.2) is 14.2 Å². The van der Waals surface area contributed by atoms with E-state index in [1.165, 1.54) is 0 Å². The topological polar surface area (TPSA) is 40.0 Å². The zero-order valence-corrected chi connectivity index (χ0v) is 17.2. The van der Waals surface area contributed by atoms with Gasteiger partial charge in [-0.1, -0.05) is 27.7 Å². The average Bonchev–Trinajstić information content (AvgIpc) is 2.49. The Bertz CT molecular complexity index is 590. The first kappa shape index (κ1) is 19.0.